The Bertz CT molecular complexity index is 691. The zero-order chi connectivity index (χ0) is 18.1. The summed E-state index contributed by atoms with van der Waals surface area (Å²) in [6.45, 7) is 0. The first-order valence-corrected chi connectivity index (χ1v) is 9.83. The van der Waals surface area contributed by atoms with Crippen LogP contribution in [0, 0.1) is 0 Å². The Morgan fingerprint density at radius 2 is 2.08 bits per heavy atom. The number of esters is 1. The molecule has 1 atom stereocenters. The second-order valence-electron chi connectivity index (χ2n) is 5.25. The van der Waals surface area contributed by atoms with Gasteiger partial charge < -0.3 is 14.6 Å². The molecule has 1 N–H and O–H groups in total. The Morgan fingerprint density at radius 3 is 2.72 bits per heavy atom. The molecule has 0 bridgehead atoms. The lowest BCUT2D eigenvalue weighted by atomic mass is 10.2. The number of imidazole rings is 1. The highest BCUT2D eigenvalue weighted by atomic mass is 32.2. The molecule has 2 rings (SSSR count). The predicted octanol–water partition coefficient (Wildman–Crippen LogP) is 2.10. The fourth-order valence-electron chi connectivity index (χ4n) is 2.04. The number of carbonyl (C=O) groups is 2. The summed E-state index contributed by atoms with van der Waals surface area (Å²) in [6.07, 6.45) is 3.50. The first-order chi connectivity index (χ1) is 12.1. The molecule has 0 aliphatic carbocycles. The van der Waals surface area contributed by atoms with Gasteiger partial charge in [-0.1, -0.05) is 42.1 Å². The summed E-state index contributed by atoms with van der Waals surface area (Å²) in [4.78, 5) is 28.2. The molecule has 1 heterocycles. The highest BCUT2D eigenvalue weighted by Crippen LogP contribution is 2.15. The van der Waals surface area contributed by atoms with Crippen molar-refractivity contribution in [3.63, 3.8) is 0 Å². The van der Waals surface area contributed by atoms with Crippen LogP contribution in [0.3, 0.4) is 0 Å². The molecule has 1 aromatic heterocycles. The lowest BCUT2D eigenvalue weighted by Gasteiger charge is -2.16. The molecular formula is C17H21N3O3S2. The van der Waals surface area contributed by atoms with E-state index in [9.17, 15) is 9.59 Å². The smallest absolute Gasteiger partial charge is 0.329 e. The number of thioether (sulfide) groups is 2. The lowest BCUT2D eigenvalue weighted by molar-refractivity contribution is -0.144. The van der Waals surface area contributed by atoms with Crippen molar-refractivity contribution in [2.45, 2.75) is 17.0 Å². The maximum absolute atomic E-state index is 12.1. The molecule has 2 aromatic rings. The van der Waals surface area contributed by atoms with Crippen LogP contribution in [0.25, 0.3) is 0 Å². The average Bonchev–Trinajstić information content (AvgIpc) is 3.04. The summed E-state index contributed by atoms with van der Waals surface area (Å²) in [5, 5.41) is 3.50. The molecule has 134 valence electrons. The Hall–Kier alpha value is -1.93. The molecule has 0 saturated heterocycles. The molecule has 0 radical (unpaired) electrons. The topological polar surface area (TPSA) is 73.2 Å². The van der Waals surface area contributed by atoms with Crippen molar-refractivity contribution < 1.29 is 14.3 Å². The molecule has 0 unspecified atom stereocenters. The summed E-state index contributed by atoms with van der Waals surface area (Å²) in [7, 11) is 3.19. The zero-order valence-corrected chi connectivity index (χ0v) is 15.8. The summed E-state index contributed by atoms with van der Waals surface area (Å²) in [5.41, 5.74) is 1.17. The Morgan fingerprint density at radius 1 is 1.32 bits per heavy atom. The molecule has 0 aliphatic heterocycles. The first kappa shape index (κ1) is 19.4. The van der Waals surface area contributed by atoms with Gasteiger partial charge in [-0.15, -0.1) is 0 Å². The number of methoxy groups -OCH3 is 1. The summed E-state index contributed by atoms with van der Waals surface area (Å²) < 4.78 is 6.63. The molecular weight excluding hydrogens is 358 g/mol. The molecule has 1 aromatic carbocycles. The van der Waals surface area contributed by atoms with E-state index in [2.05, 4.69) is 10.3 Å². The molecule has 8 heteroatoms. The van der Waals surface area contributed by atoms with Gasteiger partial charge in [0.15, 0.2) is 5.16 Å². The van der Waals surface area contributed by atoms with Crippen molar-refractivity contribution in [3.05, 3.63) is 48.3 Å². The molecule has 6 nitrogen and oxygen atoms in total. The Labute approximate surface area is 155 Å². The van der Waals surface area contributed by atoms with Crippen LogP contribution >= 0.6 is 23.5 Å². The van der Waals surface area contributed by atoms with Crippen molar-refractivity contribution >= 4 is 35.4 Å². The van der Waals surface area contributed by atoms with Crippen LogP contribution in [0.15, 0.2) is 47.9 Å². The van der Waals surface area contributed by atoms with Gasteiger partial charge in [-0.3, -0.25) is 4.79 Å². The number of aryl methyl sites for hydroxylation is 1. The minimum Gasteiger partial charge on any atom is -0.467 e. The lowest BCUT2D eigenvalue weighted by Crippen LogP contribution is -2.44. The second kappa shape index (κ2) is 10.1. The van der Waals surface area contributed by atoms with E-state index in [1.807, 2.05) is 48.1 Å². The van der Waals surface area contributed by atoms with E-state index >= 15 is 0 Å². The number of nitrogens with zero attached hydrogens (tertiary/aromatic N) is 2. The third-order valence-corrected chi connectivity index (χ3v) is 5.49. The quantitative estimate of drug-likeness (QED) is 0.531. The number of benzene rings is 1. The molecule has 0 aliphatic rings. The van der Waals surface area contributed by atoms with Gasteiger partial charge in [0, 0.05) is 30.9 Å². The number of amides is 1. The van der Waals surface area contributed by atoms with Gasteiger partial charge in [-0.05, 0) is 5.56 Å². The molecule has 0 saturated carbocycles. The Kier molecular flexibility index (Phi) is 7.87. The zero-order valence-electron chi connectivity index (χ0n) is 14.2. The van der Waals surface area contributed by atoms with Gasteiger partial charge in [-0.25, -0.2) is 9.78 Å². The monoisotopic (exact) mass is 379 g/mol. The third-order valence-electron chi connectivity index (χ3n) is 3.33. The number of carbonyl (C=O) groups excluding carboxylic acids is 2. The van der Waals surface area contributed by atoms with Crippen LogP contribution in [0.5, 0.6) is 0 Å². The number of nitrogens with one attached hydrogen (secondary N) is 1. The average molecular weight is 380 g/mol. The minimum atomic E-state index is -0.659. The predicted molar refractivity (Wildman–Crippen MR) is 100 cm³/mol. The van der Waals surface area contributed by atoms with Gasteiger partial charge in [0.05, 0.1) is 12.9 Å². The maximum Gasteiger partial charge on any atom is 0.329 e. The van der Waals surface area contributed by atoms with Crippen LogP contribution in [0.2, 0.25) is 0 Å². The van der Waals surface area contributed by atoms with E-state index < -0.39 is 12.0 Å². The fourth-order valence-corrected chi connectivity index (χ4v) is 3.78. The summed E-state index contributed by atoms with van der Waals surface area (Å²) >= 11 is 2.90. The van der Waals surface area contributed by atoms with E-state index in [0.717, 1.165) is 10.9 Å². The van der Waals surface area contributed by atoms with Crippen molar-refractivity contribution in [1.29, 1.82) is 0 Å². The third kappa shape index (κ3) is 6.47. The van der Waals surface area contributed by atoms with Crippen LogP contribution in [-0.2, 0) is 27.1 Å². The van der Waals surface area contributed by atoms with Gasteiger partial charge in [0.1, 0.15) is 6.04 Å². The van der Waals surface area contributed by atoms with Crippen molar-refractivity contribution in [3.8, 4) is 0 Å². The number of rotatable bonds is 9. The van der Waals surface area contributed by atoms with E-state index in [0.29, 0.717) is 5.75 Å². The minimum absolute atomic E-state index is 0.196. The maximum atomic E-state index is 12.1. The van der Waals surface area contributed by atoms with Crippen molar-refractivity contribution in [2.24, 2.45) is 7.05 Å². The normalized spacial score (nSPS) is 11.8. The number of aromatic nitrogens is 2. The first-order valence-electron chi connectivity index (χ1n) is 7.69. The summed E-state index contributed by atoms with van der Waals surface area (Å²) in [5.74, 6) is 0.772. The number of hydrogen-bond donors (Lipinski definition) is 1. The van der Waals surface area contributed by atoms with Gasteiger partial charge >= 0.3 is 5.97 Å². The Balaban J connectivity index is 1.81. The molecule has 1 amide bonds. The number of ether oxygens (including phenoxy) is 1. The van der Waals surface area contributed by atoms with Crippen LogP contribution in [0.1, 0.15) is 5.56 Å². The van der Waals surface area contributed by atoms with Gasteiger partial charge in [0.2, 0.25) is 5.91 Å². The highest BCUT2D eigenvalue weighted by Gasteiger charge is 2.21. The molecule has 25 heavy (non-hydrogen) atoms. The highest BCUT2D eigenvalue weighted by molar-refractivity contribution is 7.99. The van der Waals surface area contributed by atoms with E-state index in [1.54, 1.807) is 18.0 Å². The van der Waals surface area contributed by atoms with Gasteiger partial charge in [-0.2, -0.15) is 11.8 Å². The van der Waals surface area contributed by atoms with E-state index in [1.165, 1.54) is 24.4 Å². The van der Waals surface area contributed by atoms with Crippen molar-refractivity contribution in [1.82, 2.24) is 14.9 Å². The van der Waals surface area contributed by atoms with Crippen LogP contribution in [0.4, 0.5) is 0 Å². The second-order valence-corrected chi connectivity index (χ2v) is 7.23. The van der Waals surface area contributed by atoms with E-state index in [-0.39, 0.29) is 11.7 Å². The van der Waals surface area contributed by atoms with Crippen molar-refractivity contribution in [2.75, 3.05) is 18.6 Å². The molecule has 0 fully saturated rings. The largest absolute Gasteiger partial charge is 0.467 e. The van der Waals surface area contributed by atoms with Crippen LogP contribution < -0.4 is 5.32 Å². The standard InChI is InChI=1S/C17H21N3O3S2/c1-20-9-8-18-17(20)25-12-15(21)19-14(16(22)23-2)11-24-10-13-6-4-3-5-7-13/h3-9,14H,10-12H2,1-2H3,(H,19,21)/t14-/m1/s1. The fraction of sp³-hybridized carbons (Fsp3) is 0.353. The summed E-state index contributed by atoms with van der Waals surface area (Å²) in [6, 6.07) is 9.32. The van der Waals surface area contributed by atoms with Crippen LogP contribution in [-0.4, -0.2) is 46.1 Å². The molecule has 0 spiro atoms. The number of hydrogen-bond acceptors (Lipinski definition) is 6. The van der Waals surface area contributed by atoms with Gasteiger partial charge in [0.25, 0.3) is 0 Å². The van der Waals surface area contributed by atoms with E-state index in [4.69, 9.17) is 4.74 Å². The SMILES string of the molecule is COC(=O)[C@@H](CSCc1ccccc1)NC(=O)CSc1nccn1C.